The van der Waals surface area contributed by atoms with E-state index in [1.807, 2.05) is 13.0 Å². The van der Waals surface area contributed by atoms with Crippen molar-refractivity contribution in [3.05, 3.63) is 23.4 Å². The lowest BCUT2D eigenvalue weighted by atomic mass is 10.1. The van der Waals surface area contributed by atoms with E-state index in [0.29, 0.717) is 5.92 Å². The summed E-state index contributed by atoms with van der Waals surface area (Å²) in [6.45, 7) is 14.5. The lowest BCUT2D eigenvalue weighted by Gasteiger charge is -2.21. The molecule has 0 atom stereocenters. The minimum atomic E-state index is 0.124. The number of pyridine rings is 1. The molecule has 0 unspecified atom stereocenters. The van der Waals surface area contributed by atoms with Gasteiger partial charge < -0.3 is 10.1 Å². The number of ether oxygens (including phenoxy) is 1. The van der Waals surface area contributed by atoms with Gasteiger partial charge >= 0.3 is 0 Å². The zero-order valence-electron chi connectivity index (χ0n) is 13.2. The summed E-state index contributed by atoms with van der Waals surface area (Å²) in [5.74, 6) is 1.40. The topological polar surface area (TPSA) is 34.1 Å². The number of aromatic nitrogens is 1. The van der Waals surface area contributed by atoms with Gasteiger partial charge in [-0.3, -0.25) is 0 Å². The Morgan fingerprint density at radius 3 is 2.47 bits per heavy atom. The number of nitrogens with one attached hydrogen (secondary N) is 1. The predicted octanol–water partition coefficient (Wildman–Crippen LogP) is 3.70. The molecule has 108 valence electrons. The van der Waals surface area contributed by atoms with Gasteiger partial charge in [-0.05, 0) is 45.6 Å². The third-order valence-corrected chi connectivity index (χ3v) is 2.92. The summed E-state index contributed by atoms with van der Waals surface area (Å²) in [6, 6.07) is 4.07. The molecule has 1 aromatic heterocycles. The van der Waals surface area contributed by atoms with Crippen LogP contribution in [0.25, 0.3) is 0 Å². The molecule has 0 aromatic carbocycles. The summed E-state index contributed by atoms with van der Waals surface area (Å²) in [6.07, 6.45) is 1.06. The first kappa shape index (κ1) is 16.0. The lowest BCUT2D eigenvalue weighted by molar-refractivity contribution is 0.278. The van der Waals surface area contributed by atoms with Crippen molar-refractivity contribution < 1.29 is 4.74 Å². The third kappa shape index (κ3) is 6.58. The summed E-state index contributed by atoms with van der Waals surface area (Å²) in [5, 5.41) is 3.48. The Hall–Kier alpha value is -1.09. The van der Waals surface area contributed by atoms with Gasteiger partial charge in [0.1, 0.15) is 0 Å². The number of rotatable bonds is 6. The van der Waals surface area contributed by atoms with Crippen LogP contribution in [0.2, 0.25) is 0 Å². The Bertz CT molecular complexity index is 394. The Morgan fingerprint density at radius 1 is 1.26 bits per heavy atom. The molecule has 3 heteroatoms. The highest BCUT2D eigenvalue weighted by Gasteiger charge is 2.10. The highest BCUT2D eigenvalue weighted by Crippen LogP contribution is 2.14. The maximum absolute atomic E-state index is 5.67. The molecule has 0 saturated heterocycles. The molecule has 1 rings (SSSR count). The van der Waals surface area contributed by atoms with Gasteiger partial charge in [0.2, 0.25) is 5.88 Å². The third-order valence-electron chi connectivity index (χ3n) is 2.92. The van der Waals surface area contributed by atoms with Crippen LogP contribution in [-0.4, -0.2) is 17.1 Å². The number of hydrogen-bond acceptors (Lipinski definition) is 3. The van der Waals surface area contributed by atoms with Crippen LogP contribution in [0.15, 0.2) is 12.1 Å². The lowest BCUT2D eigenvalue weighted by Crippen LogP contribution is -2.35. The summed E-state index contributed by atoms with van der Waals surface area (Å²) in [7, 11) is 0. The first-order chi connectivity index (χ1) is 8.78. The van der Waals surface area contributed by atoms with E-state index in [4.69, 9.17) is 4.74 Å². The zero-order valence-corrected chi connectivity index (χ0v) is 13.2. The fourth-order valence-electron chi connectivity index (χ4n) is 1.59. The second-order valence-electron chi connectivity index (χ2n) is 6.53. The van der Waals surface area contributed by atoms with Gasteiger partial charge in [-0.2, -0.15) is 0 Å². The molecule has 0 fully saturated rings. The molecule has 19 heavy (non-hydrogen) atoms. The molecular formula is C16H28N2O. The van der Waals surface area contributed by atoms with Crippen LogP contribution in [-0.2, 0) is 6.54 Å². The maximum Gasteiger partial charge on any atom is 0.213 e. The minimum absolute atomic E-state index is 0.124. The fraction of sp³-hybridized carbons (Fsp3) is 0.688. The number of hydrogen-bond donors (Lipinski definition) is 1. The first-order valence-electron chi connectivity index (χ1n) is 7.12. The SMILES string of the molecule is Cc1nc(OCCC(C)C)ccc1CNC(C)(C)C. The molecule has 1 aromatic rings. The van der Waals surface area contributed by atoms with Gasteiger partial charge in [0, 0.05) is 23.8 Å². The molecule has 1 N–H and O–H groups in total. The van der Waals surface area contributed by atoms with Crippen LogP contribution in [0.1, 0.15) is 52.3 Å². The van der Waals surface area contributed by atoms with Crippen molar-refractivity contribution in [3.63, 3.8) is 0 Å². The summed E-state index contributed by atoms with van der Waals surface area (Å²) < 4.78 is 5.67. The van der Waals surface area contributed by atoms with Gasteiger partial charge in [-0.25, -0.2) is 4.98 Å². The van der Waals surface area contributed by atoms with Crippen LogP contribution in [0.3, 0.4) is 0 Å². The Kier molecular flexibility index (Phi) is 5.80. The van der Waals surface area contributed by atoms with Crippen LogP contribution in [0.4, 0.5) is 0 Å². The fourth-order valence-corrected chi connectivity index (χ4v) is 1.59. The molecule has 0 amide bonds. The van der Waals surface area contributed by atoms with E-state index in [1.165, 1.54) is 5.56 Å². The van der Waals surface area contributed by atoms with Crippen molar-refractivity contribution in [2.24, 2.45) is 5.92 Å². The Balaban J connectivity index is 2.54. The van der Waals surface area contributed by atoms with Crippen molar-refractivity contribution in [3.8, 4) is 5.88 Å². The molecule has 1 heterocycles. The van der Waals surface area contributed by atoms with E-state index < -0.39 is 0 Å². The molecule has 0 saturated carbocycles. The van der Waals surface area contributed by atoms with Crippen molar-refractivity contribution in [2.45, 2.75) is 60.0 Å². The Morgan fingerprint density at radius 2 is 1.95 bits per heavy atom. The van der Waals surface area contributed by atoms with E-state index in [2.05, 4.69) is 51.0 Å². The molecule has 0 bridgehead atoms. The predicted molar refractivity (Wildman–Crippen MR) is 80.5 cm³/mol. The molecule has 0 aliphatic rings. The van der Waals surface area contributed by atoms with E-state index in [0.717, 1.165) is 31.1 Å². The summed E-state index contributed by atoms with van der Waals surface area (Å²) in [4.78, 5) is 4.51. The van der Waals surface area contributed by atoms with Crippen LogP contribution < -0.4 is 10.1 Å². The molecular weight excluding hydrogens is 236 g/mol. The van der Waals surface area contributed by atoms with E-state index in [-0.39, 0.29) is 5.54 Å². The Labute approximate surface area is 117 Å². The normalized spacial score (nSPS) is 11.9. The molecule has 0 radical (unpaired) electrons. The molecule has 3 nitrogen and oxygen atoms in total. The van der Waals surface area contributed by atoms with Crippen molar-refractivity contribution in [2.75, 3.05) is 6.61 Å². The molecule has 0 spiro atoms. The first-order valence-corrected chi connectivity index (χ1v) is 7.12. The van der Waals surface area contributed by atoms with Gasteiger partial charge in [0.25, 0.3) is 0 Å². The second kappa shape index (κ2) is 6.90. The average Bonchev–Trinajstić information content (AvgIpc) is 2.26. The summed E-state index contributed by atoms with van der Waals surface area (Å²) >= 11 is 0. The van der Waals surface area contributed by atoms with E-state index in [1.54, 1.807) is 0 Å². The van der Waals surface area contributed by atoms with Crippen LogP contribution in [0, 0.1) is 12.8 Å². The van der Waals surface area contributed by atoms with Crippen LogP contribution >= 0.6 is 0 Å². The maximum atomic E-state index is 5.67. The highest BCUT2D eigenvalue weighted by molar-refractivity contribution is 5.25. The molecule has 0 aliphatic heterocycles. The van der Waals surface area contributed by atoms with Gasteiger partial charge in [0.05, 0.1) is 6.61 Å². The smallest absolute Gasteiger partial charge is 0.213 e. The zero-order chi connectivity index (χ0) is 14.5. The minimum Gasteiger partial charge on any atom is -0.478 e. The van der Waals surface area contributed by atoms with Crippen molar-refractivity contribution in [1.29, 1.82) is 0 Å². The van der Waals surface area contributed by atoms with Gasteiger partial charge in [0.15, 0.2) is 0 Å². The monoisotopic (exact) mass is 264 g/mol. The van der Waals surface area contributed by atoms with Gasteiger partial charge in [-0.1, -0.05) is 19.9 Å². The number of aryl methyl sites for hydroxylation is 1. The highest BCUT2D eigenvalue weighted by atomic mass is 16.5. The quantitative estimate of drug-likeness (QED) is 0.850. The van der Waals surface area contributed by atoms with E-state index in [9.17, 15) is 0 Å². The standard InChI is InChI=1S/C16H28N2O/c1-12(2)9-10-19-15-8-7-14(13(3)18-15)11-17-16(4,5)6/h7-8,12,17H,9-11H2,1-6H3. The largest absolute Gasteiger partial charge is 0.478 e. The average molecular weight is 264 g/mol. The van der Waals surface area contributed by atoms with E-state index >= 15 is 0 Å². The van der Waals surface area contributed by atoms with Crippen molar-refractivity contribution >= 4 is 0 Å². The molecule has 0 aliphatic carbocycles. The van der Waals surface area contributed by atoms with Gasteiger partial charge in [-0.15, -0.1) is 0 Å². The summed E-state index contributed by atoms with van der Waals surface area (Å²) in [5.41, 5.74) is 2.39. The van der Waals surface area contributed by atoms with Crippen molar-refractivity contribution in [1.82, 2.24) is 10.3 Å². The van der Waals surface area contributed by atoms with Crippen LogP contribution in [0.5, 0.6) is 5.88 Å². The number of nitrogens with zero attached hydrogens (tertiary/aromatic N) is 1. The second-order valence-corrected chi connectivity index (χ2v) is 6.53.